The van der Waals surface area contributed by atoms with Gasteiger partial charge < -0.3 is 9.31 Å². The molecule has 1 aliphatic rings. The van der Waals surface area contributed by atoms with Crippen molar-refractivity contribution in [3.05, 3.63) is 24.2 Å². The van der Waals surface area contributed by atoms with Crippen molar-refractivity contribution in [1.82, 2.24) is 14.6 Å². The Labute approximate surface area is 113 Å². The number of hydrogen-bond acceptors (Lipinski definition) is 4. The van der Waals surface area contributed by atoms with Crippen LogP contribution in [-0.4, -0.2) is 32.9 Å². The van der Waals surface area contributed by atoms with E-state index >= 15 is 0 Å². The normalized spacial score (nSPS) is 21.2. The zero-order valence-corrected chi connectivity index (χ0v) is 12.0. The number of nitrogens with zero attached hydrogens (tertiary/aromatic N) is 3. The van der Waals surface area contributed by atoms with Gasteiger partial charge in [0, 0.05) is 11.2 Å². The molecule has 0 bridgehead atoms. The predicted octanol–water partition coefficient (Wildman–Crippen LogP) is 1.34. The van der Waals surface area contributed by atoms with E-state index in [0.717, 1.165) is 16.8 Å². The van der Waals surface area contributed by atoms with Crippen LogP contribution in [0.1, 0.15) is 33.4 Å². The molecule has 1 aliphatic heterocycles. The number of aromatic nitrogens is 3. The zero-order chi connectivity index (χ0) is 13.8. The van der Waals surface area contributed by atoms with E-state index in [9.17, 15) is 0 Å². The lowest BCUT2D eigenvalue weighted by Gasteiger charge is -2.32. The van der Waals surface area contributed by atoms with Crippen molar-refractivity contribution < 1.29 is 9.31 Å². The van der Waals surface area contributed by atoms with Crippen LogP contribution in [0.4, 0.5) is 0 Å². The number of fused-ring (bicyclic) bond motifs is 1. The second kappa shape index (κ2) is 3.80. The summed E-state index contributed by atoms with van der Waals surface area (Å²) < 4.78 is 14.1. The Morgan fingerprint density at radius 2 is 1.74 bits per heavy atom. The highest BCUT2D eigenvalue weighted by Gasteiger charge is 2.52. The maximum Gasteiger partial charge on any atom is 0.496 e. The van der Waals surface area contributed by atoms with Gasteiger partial charge in [-0.2, -0.15) is 0 Å². The molecule has 6 heteroatoms. The van der Waals surface area contributed by atoms with Gasteiger partial charge in [0.1, 0.15) is 6.33 Å². The Balaban J connectivity index is 2.04. The van der Waals surface area contributed by atoms with Crippen LogP contribution in [0.2, 0.25) is 0 Å². The number of hydrogen-bond donors (Lipinski definition) is 0. The molecule has 0 aliphatic carbocycles. The van der Waals surface area contributed by atoms with E-state index in [-0.39, 0.29) is 18.3 Å². The van der Waals surface area contributed by atoms with Crippen molar-refractivity contribution in [1.29, 1.82) is 0 Å². The highest BCUT2D eigenvalue weighted by atomic mass is 16.7. The Bertz CT molecular complexity index is 620. The van der Waals surface area contributed by atoms with Crippen molar-refractivity contribution in [3.63, 3.8) is 0 Å². The molecule has 0 spiro atoms. The van der Waals surface area contributed by atoms with Gasteiger partial charge in [-0.3, -0.25) is 4.40 Å². The predicted molar refractivity (Wildman–Crippen MR) is 73.4 cm³/mol. The molecule has 19 heavy (non-hydrogen) atoms. The van der Waals surface area contributed by atoms with Crippen molar-refractivity contribution in [2.75, 3.05) is 0 Å². The summed E-state index contributed by atoms with van der Waals surface area (Å²) in [7, 11) is -0.350. The van der Waals surface area contributed by atoms with E-state index in [1.807, 2.05) is 23.5 Å². The van der Waals surface area contributed by atoms with E-state index in [4.69, 9.17) is 9.31 Å². The first-order valence-corrected chi connectivity index (χ1v) is 6.47. The highest BCUT2D eigenvalue weighted by molar-refractivity contribution is 6.62. The van der Waals surface area contributed by atoms with E-state index in [1.165, 1.54) is 0 Å². The van der Waals surface area contributed by atoms with E-state index < -0.39 is 0 Å². The van der Waals surface area contributed by atoms with Crippen LogP contribution in [0.15, 0.2) is 18.5 Å². The highest BCUT2D eigenvalue weighted by Crippen LogP contribution is 2.36. The largest absolute Gasteiger partial charge is 0.496 e. The second-order valence-electron chi connectivity index (χ2n) is 6.02. The third-order valence-corrected chi connectivity index (χ3v) is 4.27. The summed E-state index contributed by atoms with van der Waals surface area (Å²) in [5, 5.41) is 7.95. The average molecular weight is 259 g/mol. The molecule has 3 heterocycles. The Morgan fingerprint density at radius 1 is 1.11 bits per heavy atom. The molecule has 0 N–H and O–H groups in total. The molecule has 100 valence electrons. The third kappa shape index (κ3) is 1.78. The summed E-state index contributed by atoms with van der Waals surface area (Å²) >= 11 is 0. The van der Waals surface area contributed by atoms with Crippen molar-refractivity contribution in [2.24, 2.45) is 0 Å². The molecule has 0 amide bonds. The smallest absolute Gasteiger partial charge is 0.399 e. The summed E-state index contributed by atoms with van der Waals surface area (Å²) in [6.45, 7) is 10.2. The first-order valence-electron chi connectivity index (χ1n) is 6.47. The average Bonchev–Trinajstić information content (AvgIpc) is 2.83. The van der Waals surface area contributed by atoms with Gasteiger partial charge in [-0.15, -0.1) is 10.2 Å². The van der Waals surface area contributed by atoms with E-state index in [0.29, 0.717) is 0 Å². The molecular formula is C13H18BN3O2. The summed E-state index contributed by atoms with van der Waals surface area (Å²) in [6.07, 6.45) is 1.71. The lowest BCUT2D eigenvalue weighted by Crippen LogP contribution is -2.41. The van der Waals surface area contributed by atoms with Crippen molar-refractivity contribution in [2.45, 2.75) is 45.8 Å². The van der Waals surface area contributed by atoms with E-state index in [2.05, 4.69) is 37.9 Å². The Morgan fingerprint density at radius 3 is 2.37 bits per heavy atom. The summed E-state index contributed by atoms with van der Waals surface area (Å²) in [5.41, 5.74) is 2.24. The van der Waals surface area contributed by atoms with Crippen LogP contribution in [-0.2, 0) is 9.31 Å². The number of aryl methyl sites for hydroxylation is 1. The maximum atomic E-state index is 6.08. The second-order valence-corrected chi connectivity index (χ2v) is 6.02. The van der Waals surface area contributed by atoms with Crippen LogP contribution in [0.5, 0.6) is 0 Å². The van der Waals surface area contributed by atoms with Gasteiger partial charge in [0.05, 0.1) is 11.2 Å². The van der Waals surface area contributed by atoms with Crippen LogP contribution < -0.4 is 5.46 Å². The first-order chi connectivity index (χ1) is 8.82. The van der Waals surface area contributed by atoms with Crippen LogP contribution >= 0.6 is 0 Å². The topological polar surface area (TPSA) is 48.7 Å². The Kier molecular flexibility index (Phi) is 2.53. The number of pyridine rings is 1. The molecule has 1 saturated heterocycles. The SMILES string of the molecule is Cc1c(B2OC(C)(C)C(C)(C)O2)ccc2nncn12. The van der Waals surface area contributed by atoms with Gasteiger partial charge in [0.2, 0.25) is 0 Å². The van der Waals surface area contributed by atoms with E-state index in [1.54, 1.807) is 6.33 Å². The summed E-state index contributed by atoms with van der Waals surface area (Å²) in [6, 6.07) is 3.93. The fraction of sp³-hybridized carbons (Fsp3) is 0.538. The molecule has 1 fully saturated rings. The van der Waals surface area contributed by atoms with Crippen LogP contribution in [0.3, 0.4) is 0 Å². The van der Waals surface area contributed by atoms with Crippen molar-refractivity contribution in [3.8, 4) is 0 Å². The standard InChI is InChI=1S/C13H18BN3O2/c1-9-10(6-7-11-16-15-8-17(9)11)14-18-12(2,3)13(4,5)19-14/h6-8H,1-5H3. The summed E-state index contributed by atoms with van der Waals surface area (Å²) in [4.78, 5) is 0. The van der Waals surface area contributed by atoms with Crippen LogP contribution in [0.25, 0.3) is 5.65 Å². The molecule has 0 aromatic carbocycles. The minimum atomic E-state index is -0.350. The molecule has 0 atom stereocenters. The van der Waals surface area contributed by atoms with Crippen LogP contribution in [0, 0.1) is 6.92 Å². The van der Waals surface area contributed by atoms with Crippen molar-refractivity contribution >= 4 is 18.2 Å². The monoisotopic (exact) mass is 259 g/mol. The molecule has 3 rings (SSSR count). The third-order valence-electron chi connectivity index (χ3n) is 4.27. The van der Waals surface area contributed by atoms with Gasteiger partial charge in [-0.05, 0) is 40.7 Å². The molecule has 2 aromatic rings. The molecule has 0 unspecified atom stereocenters. The minimum Gasteiger partial charge on any atom is -0.399 e. The molecule has 0 saturated carbocycles. The maximum absolute atomic E-state index is 6.08. The lowest BCUT2D eigenvalue weighted by molar-refractivity contribution is 0.00578. The molecule has 2 aromatic heterocycles. The fourth-order valence-corrected chi connectivity index (χ4v) is 2.26. The summed E-state index contributed by atoms with van der Waals surface area (Å²) in [5.74, 6) is 0. The molecular weight excluding hydrogens is 241 g/mol. The zero-order valence-electron chi connectivity index (χ0n) is 12.0. The quantitative estimate of drug-likeness (QED) is 0.725. The van der Waals surface area contributed by atoms with Gasteiger partial charge in [0.25, 0.3) is 0 Å². The van der Waals surface area contributed by atoms with Gasteiger partial charge in [-0.1, -0.05) is 6.07 Å². The molecule has 0 radical (unpaired) electrons. The number of rotatable bonds is 1. The van der Waals surface area contributed by atoms with Gasteiger partial charge in [0.15, 0.2) is 5.65 Å². The Hall–Kier alpha value is -1.40. The van der Waals surface area contributed by atoms with Gasteiger partial charge in [-0.25, -0.2) is 0 Å². The molecule has 5 nitrogen and oxygen atoms in total. The minimum absolute atomic E-state index is 0.327. The lowest BCUT2D eigenvalue weighted by atomic mass is 9.78. The van der Waals surface area contributed by atoms with Gasteiger partial charge >= 0.3 is 7.12 Å². The first kappa shape index (κ1) is 12.6. The fourth-order valence-electron chi connectivity index (χ4n) is 2.26.